The standard InChI is InChI=1S/C22H22Cl2N4O4/c1-12-9-32-11-20(29)28(12)19-6-3-13(7-15(19)24)22(30)27-18(10-31-2)21-25-16-5-4-14(23)8-17(16)26-21/h3-8,12,18H,9-11H2,1-2H3,(H,25,26)(H,27,30)/t12?,18-/m0/s1. The Morgan fingerprint density at radius 2 is 2.16 bits per heavy atom. The van der Waals surface area contributed by atoms with Gasteiger partial charge < -0.3 is 24.7 Å². The van der Waals surface area contributed by atoms with E-state index in [-0.39, 0.29) is 31.1 Å². The van der Waals surface area contributed by atoms with Crippen LogP contribution in [0.2, 0.25) is 10.0 Å². The zero-order valence-corrected chi connectivity index (χ0v) is 19.0. The molecule has 2 atom stereocenters. The maximum absolute atomic E-state index is 13.0. The highest BCUT2D eigenvalue weighted by Gasteiger charge is 2.29. The van der Waals surface area contributed by atoms with Crippen LogP contribution in [0.15, 0.2) is 36.4 Å². The molecule has 168 valence electrons. The summed E-state index contributed by atoms with van der Waals surface area (Å²) in [7, 11) is 1.55. The minimum absolute atomic E-state index is 0.00428. The lowest BCUT2D eigenvalue weighted by atomic mass is 10.1. The monoisotopic (exact) mass is 476 g/mol. The Morgan fingerprint density at radius 1 is 1.34 bits per heavy atom. The van der Waals surface area contributed by atoms with E-state index in [1.54, 1.807) is 42.3 Å². The summed E-state index contributed by atoms with van der Waals surface area (Å²) in [5.74, 6) is 0.0289. The average Bonchev–Trinajstić information content (AvgIpc) is 3.17. The van der Waals surface area contributed by atoms with Crippen LogP contribution in [0.5, 0.6) is 0 Å². The van der Waals surface area contributed by atoms with Crippen LogP contribution in [0.4, 0.5) is 5.69 Å². The molecule has 1 aliphatic heterocycles. The van der Waals surface area contributed by atoms with E-state index < -0.39 is 6.04 Å². The van der Waals surface area contributed by atoms with Gasteiger partial charge in [-0.2, -0.15) is 0 Å². The molecule has 0 spiro atoms. The zero-order valence-electron chi connectivity index (χ0n) is 17.5. The number of ether oxygens (including phenoxy) is 2. The van der Waals surface area contributed by atoms with E-state index in [9.17, 15) is 9.59 Å². The van der Waals surface area contributed by atoms with Gasteiger partial charge in [0.15, 0.2) is 0 Å². The second-order valence-corrected chi connectivity index (χ2v) is 8.40. The van der Waals surface area contributed by atoms with E-state index in [0.717, 1.165) is 5.52 Å². The van der Waals surface area contributed by atoms with Crippen LogP contribution in [0.25, 0.3) is 11.0 Å². The fourth-order valence-electron chi connectivity index (χ4n) is 3.68. The van der Waals surface area contributed by atoms with Gasteiger partial charge in [0.2, 0.25) is 0 Å². The quantitative estimate of drug-likeness (QED) is 0.564. The number of benzene rings is 2. The number of nitrogens with one attached hydrogen (secondary N) is 2. The molecule has 2 heterocycles. The van der Waals surface area contributed by atoms with Crippen molar-refractivity contribution < 1.29 is 19.1 Å². The van der Waals surface area contributed by atoms with Crippen LogP contribution in [0, 0.1) is 0 Å². The molecule has 0 aliphatic carbocycles. The number of morpholine rings is 1. The number of aromatic amines is 1. The van der Waals surface area contributed by atoms with Crippen molar-refractivity contribution in [3.8, 4) is 0 Å². The molecule has 3 aromatic rings. The molecule has 1 unspecified atom stereocenters. The molecule has 32 heavy (non-hydrogen) atoms. The summed E-state index contributed by atoms with van der Waals surface area (Å²) in [4.78, 5) is 34.5. The second kappa shape index (κ2) is 9.46. The Kier molecular flexibility index (Phi) is 6.66. The van der Waals surface area contributed by atoms with Gasteiger partial charge in [-0.05, 0) is 43.3 Å². The maximum Gasteiger partial charge on any atom is 0.253 e. The molecular weight excluding hydrogens is 455 g/mol. The number of nitrogens with zero attached hydrogens (tertiary/aromatic N) is 2. The van der Waals surface area contributed by atoms with Crippen molar-refractivity contribution in [1.29, 1.82) is 0 Å². The van der Waals surface area contributed by atoms with Crippen molar-refractivity contribution in [2.75, 3.05) is 31.8 Å². The number of imidazole rings is 1. The largest absolute Gasteiger partial charge is 0.382 e. The SMILES string of the molecule is COC[C@H](NC(=O)c1ccc(N2C(=O)COCC2C)c(Cl)c1)c1nc2cc(Cl)ccc2[nH]1. The van der Waals surface area contributed by atoms with Crippen LogP contribution in [-0.2, 0) is 14.3 Å². The third-order valence-corrected chi connectivity index (χ3v) is 5.73. The molecule has 1 saturated heterocycles. The normalized spacial score (nSPS) is 17.6. The number of carbonyl (C=O) groups is 2. The molecule has 1 aliphatic rings. The Bertz CT molecular complexity index is 1170. The van der Waals surface area contributed by atoms with Gasteiger partial charge in [-0.1, -0.05) is 23.2 Å². The smallest absolute Gasteiger partial charge is 0.253 e. The highest BCUT2D eigenvalue weighted by Crippen LogP contribution is 2.30. The van der Waals surface area contributed by atoms with E-state index in [4.69, 9.17) is 32.7 Å². The lowest BCUT2D eigenvalue weighted by Gasteiger charge is -2.33. The van der Waals surface area contributed by atoms with E-state index >= 15 is 0 Å². The van der Waals surface area contributed by atoms with Crippen molar-refractivity contribution in [2.45, 2.75) is 19.0 Å². The third-order valence-electron chi connectivity index (χ3n) is 5.20. The molecule has 1 fully saturated rings. The molecule has 0 radical (unpaired) electrons. The number of aromatic nitrogens is 2. The Hall–Kier alpha value is -2.65. The lowest BCUT2D eigenvalue weighted by Crippen LogP contribution is -2.48. The summed E-state index contributed by atoms with van der Waals surface area (Å²) in [5.41, 5.74) is 2.40. The number of methoxy groups -OCH3 is 1. The predicted molar refractivity (Wildman–Crippen MR) is 122 cm³/mol. The van der Waals surface area contributed by atoms with Crippen LogP contribution in [0.3, 0.4) is 0 Å². The van der Waals surface area contributed by atoms with Crippen LogP contribution < -0.4 is 10.2 Å². The lowest BCUT2D eigenvalue weighted by molar-refractivity contribution is -0.127. The maximum atomic E-state index is 13.0. The summed E-state index contributed by atoms with van der Waals surface area (Å²) in [6.07, 6.45) is 0. The first-order valence-electron chi connectivity index (χ1n) is 10.0. The van der Waals surface area contributed by atoms with Gasteiger partial charge >= 0.3 is 0 Å². The minimum Gasteiger partial charge on any atom is -0.382 e. The summed E-state index contributed by atoms with van der Waals surface area (Å²) < 4.78 is 10.5. The molecule has 8 nitrogen and oxygen atoms in total. The third kappa shape index (κ3) is 4.59. The number of rotatable bonds is 6. The topological polar surface area (TPSA) is 96.6 Å². The Morgan fingerprint density at radius 3 is 2.88 bits per heavy atom. The highest BCUT2D eigenvalue weighted by atomic mass is 35.5. The van der Waals surface area contributed by atoms with Gasteiger partial charge in [-0.25, -0.2) is 4.98 Å². The fraction of sp³-hybridized carbons (Fsp3) is 0.318. The number of amides is 2. The Balaban J connectivity index is 1.55. The van der Waals surface area contributed by atoms with Crippen LogP contribution in [-0.4, -0.2) is 54.8 Å². The van der Waals surface area contributed by atoms with E-state index in [1.165, 1.54) is 0 Å². The summed E-state index contributed by atoms with van der Waals surface area (Å²) in [5, 5.41) is 3.80. The molecule has 4 rings (SSSR count). The van der Waals surface area contributed by atoms with Crippen molar-refractivity contribution in [3.63, 3.8) is 0 Å². The number of H-pyrrole nitrogens is 1. The second-order valence-electron chi connectivity index (χ2n) is 7.56. The van der Waals surface area contributed by atoms with Gasteiger partial charge in [0.25, 0.3) is 11.8 Å². The van der Waals surface area contributed by atoms with Crippen LogP contribution in [0.1, 0.15) is 29.1 Å². The Labute approximate surface area is 194 Å². The molecule has 2 amide bonds. The molecule has 0 bridgehead atoms. The van der Waals surface area contributed by atoms with Crippen LogP contribution >= 0.6 is 23.2 Å². The molecular formula is C22H22Cl2N4O4. The number of carbonyl (C=O) groups excluding carboxylic acids is 2. The van der Waals surface area contributed by atoms with Crippen molar-refractivity contribution in [2.24, 2.45) is 0 Å². The first kappa shape index (κ1) is 22.5. The van der Waals surface area contributed by atoms with Crippen molar-refractivity contribution >= 4 is 51.7 Å². The minimum atomic E-state index is -0.516. The summed E-state index contributed by atoms with van der Waals surface area (Å²) in [6.45, 7) is 2.52. The average molecular weight is 477 g/mol. The fourth-order valence-corrected chi connectivity index (χ4v) is 4.12. The highest BCUT2D eigenvalue weighted by molar-refractivity contribution is 6.34. The summed E-state index contributed by atoms with van der Waals surface area (Å²) in [6, 6.07) is 9.52. The molecule has 2 N–H and O–H groups in total. The number of anilines is 1. The van der Waals surface area contributed by atoms with E-state index in [1.807, 2.05) is 13.0 Å². The molecule has 10 heteroatoms. The first-order chi connectivity index (χ1) is 15.4. The van der Waals surface area contributed by atoms with Crippen molar-refractivity contribution in [1.82, 2.24) is 15.3 Å². The zero-order chi connectivity index (χ0) is 22.8. The van der Waals surface area contributed by atoms with Gasteiger partial charge in [0, 0.05) is 17.7 Å². The van der Waals surface area contributed by atoms with Gasteiger partial charge in [-0.3, -0.25) is 9.59 Å². The van der Waals surface area contributed by atoms with Crippen molar-refractivity contribution in [3.05, 3.63) is 57.8 Å². The van der Waals surface area contributed by atoms with Gasteiger partial charge in [0.05, 0.1) is 41.0 Å². The molecule has 1 aromatic heterocycles. The first-order valence-corrected chi connectivity index (χ1v) is 10.8. The molecule has 0 saturated carbocycles. The number of hydrogen-bond acceptors (Lipinski definition) is 5. The molecule has 2 aromatic carbocycles. The predicted octanol–water partition coefficient (Wildman–Crippen LogP) is 3.74. The van der Waals surface area contributed by atoms with E-state index in [0.29, 0.717) is 39.2 Å². The van der Waals surface area contributed by atoms with E-state index in [2.05, 4.69) is 15.3 Å². The number of halogens is 2. The summed E-state index contributed by atoms with van der Waals surface area (Å²) >= 11 is 12.5. The van der Waals surface area contributed by atoms with Gasteiger partial charge in [0.1, 0.15) is 18.5 Å². The number of fused-ring (bicyclic) bond motifs is 1. The van der Waals surface area contributed by atoms with Gasteiger partial charge in [-0.15, -0.1) is 0 Å². The number of hydrogen-bond donors (Lipinski definition) is 2.